The average Bonchev–Trinajstić information content (AvgIpc) is 2.52. The Morgan fingerprint density at radius 1 is 1.17 bits per heavy atom. The molecule has 0 saturated heterocycles. The first-order chi connectivity index (χ1) is 8.59. The Labute approximate surface area is 111 Å². The van der Waals surface area contributed by atoms with E-state index >= 15 is 0 Å². The molecule has 1 fully saturated rings. The molecule has 18 heavy (non-hydrogen) atoms. The lowest BCUT2D eigenvalue weighted by molar-refractivity contribution is 0.0237. The number of hydrogen-bond acceptors (Lipinski definition) is 1. The summed E-state index contributed by atoms with van der Waals surface area (Å²) in [7, 11) is 0. The van der Waals surface area contributed by atoms with Gasteiger partial charge in [0.05, 0.1) is 5.60 Å². The van der Waals surface area contributed by atoms with E-state index in [1.165, 1.54) is 24.8 Å². The van der Waals surface area contributed by atoms with Crippen LogP contribution in [0.1, 0.15) is 51.5 Å². The van der Waals surface area contributed by atoms with Crippen molar-refractivity contribution in [2.45, 2.75) is 58.0 Å². The van der Waals surface area contributed by atoms with E-state index in [1.54, 1.807) is 0 Å². The van der Waals surface area contributed by atoms with E-state index in [0.29, 0.717) is 0 Å². The molecule has 1 N–H and O–H groups in total. The van der Waals surface area contributed by atoms with Gasteiger partial charge in [-0.1, -0.05) is 57.0 Å². The molecule has 1 aliphatic rings. The maximum atomic E-state index is 10.8. The fraction of sp³-hybridized carbons (Fsp3) is 0.647. The largest absolute Gasteiger partial charge is 0.390 e. The van der Waals surface area contributed by atoms with Gasteiger partial charge in [-0.05, 0) is 36.7 Å². The molecule has 0 heterocycles. The van der Waals surface area contributed by atoms with Crippen molar-refractivity contribution in [3.8, 4) is 0 Å². The molecule has 1 nitrogen and oxygen atoms in total. The third-order valence-corrected chi connectivity index (χ3v) is 4.52. The quantitative estimate of drug-likeness (QED) is 0.793. The highest BCUT2D eigenvalue weighted by Gasteiger charge is 2.31. The lowest BCUT2D eigenvalue weighted by Gasteiger charge is -2.27. The minimum absolute atomic E-state index is 0.467. The van der Waals surface area contributed by atoms with Crippen molar-refractivity contribution in [1.29, 1.82) is 0 Å². The van der Waals surface area contributed by atoms with Gasteiger partial charge < -0.3 is 5.11 Å². The Morgan fingerprint density at radius 2 is 1.89 bits per heavy atom. The zero-order valence-corrected chi connectivity index (χ0v) is 11.7. The Bertz CT molecular complexity index is 357. The van der Waals surface area contributed by atoms with Crippen molar-refractivity contribution in [1.82, 2.24) is 0 Å². The van der Waals surface area contributed by atoms with E-state index in [2.05, 4.69) is 38.1 Å². The van der Waals surface area contributed by atoms with E-state index in [1.807, 2.05) is 6.07 Å². The predicted octanol–water partition coefficient (Wildman–Crippen LogP) is 4.20. The highest BCUT2D eigenvalue weighted by Crippen LogP contribution is 2.35. The standard InChI is InChI=1S/C17H26O/c1-14(2)16-9-6-11-17(18,12-10-16)13-15-7-4-3-5-8-15/h3-5,7-8,14,16,18H,6,9-13H2,1-2H3. The zero-order valence-electron chi connectivity index (χ0n) is 11.7. The smallest absolute Gasteiger partial charge is 0.0688 e. The van der Waals surface area contributed by atoms with Crippen LogP contribution in [0.5, 0.6) is 0 Å². The van der Waals surface area contributed by atoms with Crippen LogP contribution < -0.4 is 0 Å². The van der Waals surface area contributed by atoms with E-state index < -0.39 is 5.60 Å². The van der Waals surface area contributed by atoms with Crippen molar-refractivity contribution in [2.24, 2.45) is 11.8 Å². The van der Waals surface area contributed by atoms with Crippen LogP contribution in [0.4, 0.5) is 0 Å². The van der Waals surface area contributed by atoms with Gasteiger partial charge in [0.2, 0.25) is 0 Å². The summed E-state index contributed by atoms with van der Waals surface area (Å²) in [6.07, 6.45) is 6.39. The molecule has 1 heteroatoms. The maximum absolute atomic E-state index is 10.8. The average molecular weight is 246 g/mol. The van der Waals surface area contributed by atoms with Gasteiger partial charge in [-0.15, -0.1) is 0 Å². The molecule has 0 radical (unpaired) electrons. The van der Waals surface area contributed by atoms with Crippen LogP contribution in [0.15, 0.2) is 30.3 Å². The van der Waals surface area contributed by atoms with Crippen molar-refractivity contribution >= 4 is 0 Å². The molecular weight excluding hydrogens is 220 g/mol. The van der Waals surface area contributed by atoms with Gasteiger partial charge in [0.15, 0.2) is 0 Å². The SMILES string of the molecule is CC(C)C1CCCC(O)(Cc2ccccc2)CC1. The van der Waals surface area contributed by atoms with E-state index in [-0.39, 0.29) is 0 Å². The van der Waals surface area contributed by atoms with E-state index in [9.17, 15) is 5.11 Å². The number of rotatable bonds is 3. The van der Waals surface area contributed by atoms with E-state index in [4.69, 9.17) is 0 Å². The lowest BCUT2D eigenvalue weighted by Crippen LogP contribution is -2.30. The molecule has 1 saturated carbocycles. The van der Waals surface area contributed by atoms with Crippen LogP contribution >= 0.6 is 0 Å². The molecule has 2 rings (SSSR count). The second kappa shape index (κ2) is 5.88. The molecular formula is C17H26O. The molecule has 0 bridgehead atoms. The van der Waals surface area contributed by atoms with Gasteiger partial charge in [-0.3, -0.25) is 0 Å². The van der Waals surface area contributed by atoms with Crippen LogP contribution in [0, 0.1) is 11.8 Å². The predicted molar refractivity (Wildman–Crippen MR) is 76.5 cm³/mol. The zero-order chi connectivity index (χ0) is 13.0. The maximum Gasteiger partial charge on any atom is 0.0688 e. The number of benzene rings is 1. The summed E-state index contributed by atoms with van der Waals surface area (Å²) < 4.78 is 0. The van der Waals surface area contributed by atoms with Gasteiger partial charge in [-0.2, -0.15) is 0 Å². The Balaban J connectivity index is 1.99. The van der Waals surface area contributed by atoms with Crippen molar-refractivity contribution in [3.63, 3.8) is 0 Å². The van der Waals surface area contributed by atoms with Crippen LogP contribution in [0.3, 0.4) is 0 Å². The van der Waals surface area contributed by atoms with Crippen LogP contribution in [0.25, 0.3) is 0 Å². The molecule has 1 aromatic rings. The van der Waals surface area contributed by atoms with Crippen LogP contribution in [-0.2, 0) is 6.42 Å². The number of hydrogen-bond donors (Lipinski definition) is 1. The lowest BCUT2D eigenvalue weighted by atomic mass is 9.85. The summed E-state index contributed by atoms with van der Waals surface area (Å²) in [5, 5.41) is 10.8. The first-order valence-corrected chi connectivity index (χ1v) is 7.35. The minimum atomic E-state index is -0.467. The molecule has 0 spiro atoms. The second-order valence-corrected chi connectivity index (χ2v) is 6.32. The monoisotopic (exact) mass is 246 g/mol. The third kappa shape index (κ3) is 3.58. The first-order valence-electron chi connectivity index (χ1n) is 7.35. The molecule has 100 valence electrons. The van der Waals surface area contributed by atoms with Gasteiger partial charge in [0, 0.05) is 6.42 Å². The summed E-state index contributed by atoms with van der Waals surface area (Å²) in [5.74, 6) is 1.55. The summed E-state index contributed by atoms with van der Waals surface area (Å²) in [6.45, 7) is 4.62. The van der Waals surface area contributed by atoms with Gasteiger partial charge in [0.25, 0.3) is 0 Å². The fourth-order valence-corrected chi connectivity index (χ4v) is 3.24. The highest BCUT2D eigenvalue weighted by molar-refractivity contribution is 5.17. The Kier molecular flexibility index (Phi) is 4.45. The minimum Gasteiger partial charge on any atom is -0.390 e. The number of aliphatic hydroxyl groups is 1. The highest BCUT2D eigenvalue weighted by atomic mass is 16.3. The summed E-state index contributed by atoms with van der Waals surface area (Å²) >= 11 is 0. The Morgan fingerprint density at radius 3 is 2.56 bits per heavy atom. The molecule has 1 aliphatic carbocycles. The van der Waals surface area contributed by atoms with E-state index in [0.717, 1.165) is 31.1 Å². The van der Waals surface area contributed by atoms with Crippen LogP contribution in [0.2, 0.25) is 0 Å². The van der Waals surface area contributed by atoms with Crippen molar-refractivity contribution in [3.05, 3.63) is 35.9 Å². The molecule has 1 aromatic carbocycles. The molecule has 0 aromatic heterocycles. The Hall–Kier alpha value is -0.820. The van der Waals surface area contributed by atoms with Gasteiger partial charge in [0.1, 0.15) is 0 Å². The summed E-state index contributed by atoms with van der Waals surface area (Å²) in [6, 6.07) is 10.4. The van der Waals surface area contributed by atoms with Crippen molar-refractivity contribution < 1.29 is 5.11 Å². The topological polar surface area (TPSA) is 20.2 Å². The first kappa shape index (κ1) is 13.6. The van der Waals surface area contributed by atoms with Gasteiger partial charge >= 0.3 is 0 Å². The second-order valence-electron chi connectivity index (χ2n) is 6.32. The third-order valence-electron chi connectivity index (χ3n) is 4.52. The molecule has 0 amide bonds. The fourth-order valence-electron chi connectivity index (χ4n) is 3.24. The molecule has 0 aliphatic heterocycles. The normalized spacial score (nSPS) is 29.2. The summed E-state index contributed by atoms with van der Waals surface area (Å²) in [4.78, 5) is 0. The van der Waals surface area contributed by atoms with Crippen molar-refractivity contribution in [2.75, 3.05) is 0 Å². The van der Waals surface area contributed by atoms with Gasteiger partial charge in [-0.25, -0.2) is 0 Å². The van der Waals surface area contributed by atoms with Crippen LogP contribution in [-0.4, -0.2) is 10.7 Å². The molecule has 2 atom stereocenters. The molecule has 2 unspecified atom stereocenters. The summed E-state index contributed by atoms with van der Waals surface area (Å²) in [5.41, 5.74) is 0.799.